The lowest BCUT2D eigenvalue weighted by Gasteiger charge is -2.28. The number of halogens is 2. The molecule has 1 heterocycles. The van der Waals surface area contributed by atoms with Gasteiger partial charge in [0.05, 0.1) is 11.5 Å². The summed E-state index contributed by atoms with van der Waals surface area (Å²) in [6.45, 7) is 0. The number of sulfone groups is 1. The van der Waals surface area contributed by atoms with E-state index in [9.17, 15) is 8.42 Å². The van der Waals surface area contributed by atoms with Gasteiger partial charge in [-0.2, -0.15) is 0 Å². The predicted octanol–water partition coefficient (Wildman–Crippen LogP) is 0.745. The molecule has 0 atom stereocenters. The van der Waals surface area contributed by atoms with E-state index in [2.05, 4.69) is 15.9 Å². The smallest absolute Gasteiger partial charge is 0.155 e. The van der Waals surface area contributed by atoms with Gasteiger partial charge in [0, 0.05) is 0 Å². The molecule has 0 saturated carbocycles. The van der Waals surface area contributed by atoms with Crippen LogP contribution in [0.15, 0.2) is 0 Å². The predicted molar refractivity (Wildman–Crippen MR) is 36.2 cm³/mol. The van der Waals surface area contributed by atoms with Crippen LogP contribution in [0.5, 0.6) is 0 Å². The van der Waals surface area contributed by atoms with Crippen LogP contribution < -0.4 is 0 Å². The van der Waals surface area contributed by atoms with Gasteiger partial charge in [-0.05, 0) is 0 Å². The van der Waals surface area contributed by atoms with E-state index in [1.54, 1.807) is 0 Å². The number of hydrogen-bond acceptors (Lipinski definition) is 2. The highest BCUT2D eigenvalue weighted by molar-refractivity contribution is 9.10. The highest BCUT2D eigenvalue weighted by atomic mass is 79.9. The Kier molecular flexibility index (Phi) is 1.37. The molecule has 2 nitrogen and oxygen atoms in total. The summed E-state index contributed by atoms with van der Waals surface area (Å²) in [5, 5.41) is 0. The number of hydrogen-bond donors (Lipinski definition) is 0. The third-order valence-corrected chi connectivity index (χ3v) is 4.61. The summed E-state index contributed by atoms with van der Waals surface area (Å²) in [5.41, 5.74) is 0. The minimum Gasteiger partial charge on any atom is -0.229 e. The molecule has 1 fully saturated rings. The first kappa shape index (κ1) is 6.83. The third kappa shape index (κ3) is 1.36. The summed E-state index contributed by atoms with van der Waals surface area (Å²) in [6.07, 6.45) is 0. The van der Waals surface area contributed by atoms with Crippen LogP contribution in [-0.4, -0.2) is 23.7 Å². The first-order valence-electron chi connectivity index (χ1n) is 2.00. The Bertz CT molecular complexity index is 181. The molecule has 0 N–H and O–H groups in total. The Hall–Kier alpha value is 0.720. The van der Waals surface area contributed by atoms with E-state index < -0.39 is 13.6 Å². The van der Waals surface area contributed by atoms with E-state index in [1.165, 1.54) is 0 Å². The summed E-state index contributed by atoms with van der Waals surface area (Å²) in [5.74, 6) is 0.114. The minimum absolute atomic E-state index is 0.0571. The van der Waals surface area contributed by atoms with Crippen molar-refractivity contribution in [1.82, 2.24) is 0 Å². The van der Waals surface area contributed by atoms with E-state index in [0.29, 0.717) is 0 Å². The summed E-state index contributed by atoms with van der Waals surface area (Å²) in [6, 6.07) is 0. The largest absolute Gasteiger partial charge is 0.229 e. The van der Waals surface area contributed by atoms with Gasteiger partial charge >= 0.3 is 0 Å². The molecule has 1 aliphatic heterocycles. The molecule has 0 bridgehead atoms. The summed E-state index contributed by atoms with van der Waals surface area (Å²) < 4.78 is 20.1. The SMILES string of the molecule is O=S1(=O)CC(Cl)(Br)C1. The first-order chi connectivity index (χ1) is 3.41. The molecular weight excluding hydrogens is 215 g/mol. The minimum atomic E-state index is -2.77. The Morgan fingerprint density at radius 3 is 1.88 bits per heavy atom. The average Bonchev–Trinajstić information content (AvgIpc) is 1.20. The highest BCUT2D eigenvalue weighted by Crippen LogP contribution is 2.36. The van der Waals surface area contributed by atoms with Gasteiger partial charge in [-0.25, -0.2) is 8.42 Å². The molecule has 0 aromatic heterocycles. The molecule has 0 radical (unpaired) electrons. The average molecular weight is 219 g/mol. The van der Waals surface area contributed by atoms with Gasteiger partial charge in [0.15, 0.2) is 9.84 Å². The first-order valence-corrected chi connectivity index (χ1v) is 4.99. The molecule has 0 spiro atoms. The fourth-order valence-corrected chi connectivity index (χ4v) is 4.89. The van der Waals surface area contributed by atoms with E-state index in [1.807, 2.05) is 0 Å². The van der Waals surface area contributed by atoms with Crippen LogP contribution in [-0.2, 0) is 9.84 Å². The van der Waals surface area contributed by atoms with Gasteiger partial charge in [-0.3, -0.25) is 0 Å². The second-order valence-corrected chi connectivity index (χ2v) is 6.65. The Balaban J connectivity index is 2.68. The van der Waals surface area contributed by atoms with Crippen molar-refractivity contribution in [2.24, 2.45) is 0 Å². The normalized spacial score (nSPS) is 31.2. The number of rotatable bonds is 0. The molecule has 8 heavy (non-hydrogen) atoms. The molecule has 0 unspecified atom stereocenters. The van der Waals surface area contributed by atoms with Crippen molar-refractivity contribution in [3.63, 3.8) is 0 Å². The van der Waals surface area contributed by atoms with Crippen LogP contribution in [0.25, 0.3) is 0 Å². The summed E-state index contributed by atoms with van der Waals surface area (Å²) >= 11 is 8.55. The molecule has 1 aliphatic rings. The maximum absolute atomic E-state index is 10.4. The second-order valence-electron chi connectivity index (χ2n) is 1.89. The quantitative estimate of drug-likeness (QED) is 0.563. The molecule has 0 aromatic rings. The van der Waals surface area contributed by atoms with E-state index in [-0.39, 0.29) is 11.5 Å². The summed E-state index contributed by atoms with van der Waals surface area (Å²) in [7, 11) is -2.77. The lowest BCUT2D eigenvalue weighted by Crippen LogP contribution is -2.45. The Morgan fingerprint density at radius 1 is 1.50 bits per heavy atom. The highest BCUT2D eigenvalue weighted by Gasteiger charge is 2.44. The maximum Gasteiger partial charge on any atom is 0.155 e. The molecule has 5 heteroatoms. The van der Waals surface area contributed by atoms with Crippen LogP contribution in [0, 0.1) is 0 Å². The van der Waals surface area contributed by atoms with Crippen molar-refractivity contribution in [1.29, 1.82) is 0 Å². The van der Waals surface area contributed by atoms with Crippen LogP contribution in [0.4, 0.5) is 0 Å². The van der Waals surface area contributed by atoms with Gasteiger partial charge in [-0.15, -0.1) is 11.6 Å². The summed E-state index contributed by atoms with van der Waals surface area (Å²) in [4.78, 5) is 0. The van der Waals surface area contributed by atoms with Crippen LogP contribution in [0.2, 0.25) is 0 Å². The van der Waals surface area contributed by atoms with Crippen LogP contribution in [0.1, 0.15) is 0 Å². The van der Waals surface area contributed by atoms with Crippen molar-refractivity contribution >= 4 is 37.4 Å². The zero-order valence-corrected chi connectivity index (χ0v) is 7.05. The molecule has 0 aliphatic carbocycles. The lowest BCUT2D eigenvalue weighted by molar-refractivity contribution is 0.577. The molecular formula is C3H4BrClO2S. The fraction of sp³-hybridized carbons (Fsp3) is 1.00. The Labute approximate surface area is 61.3 Å². The molecule has 0 aromatic carbocycles. The topological polar surface area (TPSA) is 34.1 Å². The van der Waals surface area contributed by atoms with Crippen molar-refractivity contribution in [2.45, 2.75) is 3.78 Å². The lowest BCUT2D eigenvalue weighted by atomic mass is 10.5. The standard InChI is InChI=1S/C3H4BrClO2S/c4-3(5)1-8(6,7)2-3/h1-2H2. The molecule has 0 amide bonds. The number of alkyl halides is 2. The monoisotopic (exact) mass is 218 g/mol. The molecule has 1 saturated heterocycles. The van der Waals surface area contributed by atoms with Crippen LogP contribution in [0.3, 0.4) is 0 Å². The molecule has 1 rings (SSSR count). The van der Waals surface area contributed by atoms with Gasteiger partial charge in [0.1, 0.15) is 3.78 Å². The van der Waals surface area contributed by atoms with Gasteiger partial charge in [-0.1, -0.05) is 15.9 Å². The van der Waals surface area contributed by atoms with Gasteiger partial charge < -0.3 is 0 Å². The van der Waals surface area contributed by atoms with Crippen LogP contribution >= 0.6 is 27.5 Å². The second kappa shape index (κ2) is 1.61. The zero-order chi connectivity index (χ0) is 6.41. The third-order valence-electron chi connectivity index (χ3n) is 0.862. The molecule has 48 valence electrons. The van der Waals surface area contributed by atoms with Gasteiger partial charge in [0.2, 0.25) is 0 Å². The van der Waals surface area contributed by atoms with Gasteiger partial charge in [0.25, 0.3) is 0 Å². The fourth-order valence-electron chi connectivity index (χ4n) is 0.601. The van der Waals surface area contributed by atoms with Crippen molar-refractivity contribution in [3.8, 4) is 0 Å². The Morgan fingerprint density at radius 2 is 1.88 bits per heavy atom. The maximum atomic E-state index is 10.4. The van der Waals surface area contributed by atoms with Crippen molar-refractivity contribution in [2.75, 3.05) is 11.5 Å². The van der Waals surface area contributed by atoms with E-state index >= 15 is 0 Å². The van der Waals surface area contributed by atoms with Crippen molar-refractivity contribution in [3.05, 3.63) is 0 Å². The van der Waals surface area contributed by atoms with E-state index in [4.69, 9.17) is 11.6 Å². The van der Waals surface area contributed by atoms with E-state index in [0.717, 1.165) is 0 Å². The van der Waals surface area contributed by atoms with Crippen molar-refractivity contribution < 1.29 is 8.42 Å². The zero-order valence-electron chi connectivity index (χ0n) is 3.89.